The molecule has 4 rings (SSSR count). The largest absolute Gasteiger partial charge is 0.384 e. The minimum Gasteiger partial charge on any atom is -0.384 e. The van der Waals surface area contributed by atoms with E-state index in [0.29, 0.717) is 17.8 Å². The molecular weight excluding hydrogens is 352 g/mol. The van der Waals surface area contributed by atoms with Gasteiger partial charge in [0.25, 0.3) is 0 Å². The molecule has 0 bridgehead atoms. The second kappa shape index (κ2) is 7.89. The number of aromatic nitrogens is 3. The maximum atomic E-state index is 5.99. The van der Waals surface area contributed by atoms with Crippen LogP contribution in [-0.4, -0.2) is 77.1 Å². The van der Waals surface area contributed by atoms with Crippen molar-refractivity contribution in [1.29, 1.82) is 0 Å². The van der Waals surface area contributed by atoms with Gasteiger partial charge < -0.3 is 21.3 Å². The van der Waals surface area contributed by atoms with Crippen LogP contribution in [0.25, 0.3) is 11.1 Å². The molecular formula is C20H30N8. The van der Waals surface area contributed by atoms with Crippen molar-refractivity contribution in [2.75, 3.05) is 62.7 Å². The number of likely N-dealkylation sites (tertiary alicyclic amines) is 1. The molecule has 8 nitrogen and oxygen atoms in total. The predicted molar refractivity (Wildman–Crippen MR) is 113 cm³/mol. The summed E-state index contributed by atoms with van der Waals surface area (Å²) in [4.78, 5) is 20.6. The van der Waals surface area contributed by atoms with Crippen LogP contribution >= 0.6 is 0 Å². The first-order valence-corrected chi connectivity index (χ1v) is 10.0. The highest BCUT2D eigenvalue weighted by Gasteiger charge is 2.28. The second-order valence-corrected chi connectivity index (χ2v) is 7.90. The van der Waals surface area contributed by atoms with Crippen LogP contribution in [-0.2, 0) is 0 Å². The molecule has 4 N–H and O–H groups in total. The monoisotopic (exact) mass is 382 g/mol. The average molecular weight is 383 g/mol. The van der Waals surface area contributed by atoms with Gasteiger partial charge in [0.2, 0.25) is 5.95 Å². The molecule has 0 unspecified atom stereocenters. The van der Waals surface area contributed by atoms with Crippen LogP contribution in [0.15, 0.2) is 18.3 Å². The summed E-state index contributed by atoms with van der Waals surface area (Å²) in [5, 5.41) is 0. The Bertz CT molecular complexity index is 806. The fraction of sp³-hybridized carbons (Fsp3) is 0.550. The first-order chi connectivity index (χ1) is 13.5. The van der Waals surface area contributed by atoms with Gasteiger partial charge in [-0.05, 0) is 52.0 Å². The number of anilines is 3. The number of piperazine rings is 1. The first kappa shape index (κ1) is 18.9. The number of piperidine rings is 1. The van der Waals surface area contributed by atoms with Gasteiger partial charge in [0.05, 0.1) is 5.69 Å². The lowest BCUT2D eigenvalue weighted by Crippen LogP contribution is -2.53. The molecule has 0 saturated carbocycles. The summed E-state index contributed by atoms with van der Waals surface area (Å²) in [7, 11) is 2.21. The van der Waals surface area contributed by atoms with Crippen LogP contribution in [0, 0.1) is 6.92 Å². The van der Waals surface area contributed by atoms with E-state index in [1.807, 2.05) is 19.1 Å². The van der Waals surface area contributed by atoms with E-state index in [2.05, 4.69) is 36.7 Å². The molecule has 2 saturated heterocycles. The molecule has 8 heteroatoms. The molecule has 2 aliphatic rings. The molecule has 0 aliphatic carbocycles. The zero-order valence-corrected chi connectivity index (χ0v) is 16.8. The topological polar surface area (TPSA) is 100 Å². The lowest BCUT2D eigenvalue weighted by molar-refractivity contribution is 0.115. The maximum Gasteiger partial charge on any atom is 0.222 e. The molecule has 0 aromatic carbocycles. The predicted octanol–water partition coefficient (Wildman–Crippen LogP) is 1.23. The van der Waals surface area contributed by atoms with Crippen molar-refractivity contribution in [1.82, 2.24) is 24.8 Å². The number of nitrogens with zero attached hydrogens (tertiary/aromatic N) is 6. The lowest BCUT2D eigenvalue weighted by Gasteiger charge is -2.42. The average Bonchev–Trinajstić information content (AvgIpc) is 2.69. The Morgan fingerprint density at radius 1 is 0.964 bits per heavy atom. The number of rotatable bonds is 3. The van der Waals surface area contributed by atoms with Crippen LogP contribution in [0.4, 0.5) is 17.6 Å². The van der Waals surface area contributed by atoms with Gasteiger partial charge >= 0.3 is 0 Å². The summed E-state index contributed by atoms with van der Waals surface area (Å²) in [5.74, 6) is 1.73. The number of nitrogens with two attached hydrogens (primary N) is 2. The Hall–Kier alpha value is -2.45. The van der Waals surface area contributed by atoms with Gasteiger partial charge in [-0.1, -0.05) is 0 Å². The van der Waals surface area contributed by atoms with Crippen molar-refractivity contribution < 1.29 is 0 Å². The summed E-state index contributed by atoms with van der Waals surface area (Å²) < 4.78 is 0. The van der Waals surface area contributed by atoms with Crippen molar-refractivity contribution in [2.24, 2.45) is 0 Å². The summed E-state index contributed by atoms with van der Waals surface area (Å²) in [6, 6.07) is 4.49. The van der Waals surface area contributed by atoms with Gasteiger partial charge in [-0.2, -0.15) is 4.98 Å². The van der Waals surface area contributed by atoms with Gasteiger partial charge in [-0.15, -0.1) is 0 Å². The van der Waals surface area contributed by atoms with E-state index in [4.69, 9.17) is 11.5 Å². The van der Waals surface area contributed by atoms with E-state index >= 15 is 0 Å². The Kier molecular flexibility index (Phi) is 5.32. The number of aryl methyl sites for hydroxylation is 1. The van der Waals surface area contributed by atoms with E-state index in [1.54, 1.807) is 6.20 Å². The molecule has 0 amide bonds. The molecule has 2 fully saturated rings. The van der Waals surface area contributed by atoms with Crippen LogP contribution in [0.1, 0.15) is 18.5 Å². The summed E-state index contributed by atoms with van der Waals surface area (Å²) >= 11 is 0. The first-order valence-electron chi connectivity index (χ1n) is 10.0. The number of pyridine rings is 1. The number of hydrogen-bond acceptors (Lipinski definition) is 8. The molecule has 0 atom stereocenters. The van der Waals surface area contributed by atoms with E-state index in [9.17, 15) is 0 Å². The normalized spacial score (nSPS) is 19.9. The van der Waals surface area contributed by atoms with Gasteiger partial charge in [0.1, 0.15) is 11.6 Å². The van der Waals surface area contributed by atoms with Crippen molar-refractivity contribution in [3.8, 4) is 11.1 Å². The molecule has 150 valence electrons. The quantitative estimate of drug-likeness (QED) is 0.817. The standard InChI is InChI=1S/C20H30N8/c1-14-18(15-3-4-17(21)23-13-15)19(25-20(22)24-14)28-11-9-27(10-12-28)16-5-7-26(2)8-6-16/h3-4,13,16H,5-12H2,1-2H3,(H2,21,23)(H2,22,24,25). The van der Waals surface area contributed by atoms with Crippen molar-refractivity contribution in [3.05, 3.63) is 24.0 Å². The van der Waals surface area contributed by atoms with Crippen LogP contribution in [0.3, 0.4) is 0 Å². The third-order valence-corrected chi connectivity index (χ3v) is 5.98. The maximum absolute atomic E-state index is 5.99. The SMILES string of the molecule is Cc1nc(N)nc(N2CCN(C3CCN(C)CC3)CC2)c1-c1ccc(N)nc1. The third-order valence-electron chi connectivity index (χ3n) is 5.98. The Balaban J connectivity index is 1.54. The van der Waals surface area contributed by atoms with Gasteiger partial charge in [0, 0.05) is 49.5 Å². The minimum atomic E-state index is 0.317. The van der Waals surface area contributed by atoms with Gasteiger partial charge in [0.15, 0.2) is 0 Å². The second-order valence-electron chi connectivity index (χ2n) is 7.90. The fourth-order valence-electron chi connectivity index (χ4n) is 4.36. The van der Waals surface area contributed by atoms with E-state index in [-0.39, 0.29) is 0 Å². The highest BCUT2D eigenvalue weighted by atomic mass is 15.3. The number of nitrogen functional groups attached to an aromatic ring is 2. The Labute approximate surface area is 166 Å². The summed E-state index contributed by atoms with van der Waals surface area (Å²) in [6.45, 7) is 8.35. The van der Waals surface area contributed by atoms with Crippen molar-refractivity contribution in [2.45, 2.75) is 25.8 Å². The molecule has 2 aromatic rings. The zero-order chi connectivity index (χ0) is 19.7. The van der Waals surface area contributed by atoms with E-state index in [0.717, 1.165) is 48.8 Å². The van der Waals surface area contributed by atoms with Gasteiger partial charge in [-0.25, -0.2) is 9.97 Å². The molecule has 0 spiro atoms. The van der Waals surface area contributed by atoms with Crippen LogP contribution in [0.2, 0.25) is 0 Å². The molecule has 2 aliphatic heterocycles. The smallest absolute Gasteiger partial charge is 0.222 e. The van der Waals surface area contributed by atoms with E-state index in [1.165, 1.54) is 25.9 Å². The van der Waals surface area contributed by atoms with E-state index < -0.39 is 0 Å². The molecule has 28 heavy (non-hydrogen) atoms. The molecule has 4 heterocycles. The van der Waals surface area contributed by atoms with Crippen LogP contribution < -0.4 is 16.4 Å². The molecule has 2 aromatic heterocycles. The third kappa shape index (κ3) is 3.88. The lowest BCUT2D eigenvalue weighted by atomic mass is 10.0. The van der Waals surface area contributed by atoms with Crippen molar-refractivity contribution >= 4 is 17.6 Å². The highest BCUT2D eigenvalue weighted by molar-refractivity contribution is 5.78. The Morgan fingerprint density at radius 2 is 1.68 bits per heavy atom. The summed E-state index contributed by atoms with van der Waals surface area (Å²) in [5.41, 5.74) is 14.6. The summed E-state index contributed by atoms with van der Waals surface area (Å²) in [6.07, 6.45) is 4.31. The number of hydrogen-bond donors (Lipinski definition) is 2. The molecule has 0 radical (unpaired) electrons. The minimum absolute atomic E-state index is 0.317. The van der Waals surface area contributed by atoms with Gasteiger partial charge in [-0.3, -0.25) is 4.90 Å². The fourth-order valence-corrected chi connectivity index (χ4v) is 4.36. The van der Waals surface area contributed by atoms with Crippen molar-refractivity contribution in [3.63, 3.8) is 0 Å². The van der Waals surface area contributed by atoms with Crippen LogP contribution in [0.5, 0.6) is 0 Å². The zero-order valence-electron chi connectivity index (χ0n) is 16.8. The Morgan fingerprint density at radius 3 is 2.32 bits per heavy atom. The highest BCUT2D eigenvalue weighted by Crippen LogP contribution is 2.33.